The first-order valence-corrected chi connectivity index (χ1v) is 8.14. The Labute approximate surface area is 155 Å². The monoisotopic (exact) mass is 375 g/mol. The molecule has 3 rings (SSSR count). The summed E-state index contributed by atoms with van der Waals surface area (Å²) in [6, 6.07) is 10.8. The number of halogens is 2. The third kappa shape index (κ3) is 4.29. The zero-order chi connectivity index (χ0) is 17.8. The van der Waals surface area contributed by atoms with E-state index in [4.69, 9.17) is 27.9 Å². The molecule has 6 nitrogen and oxygen atoms in total. The number of ether oxygens (including phenoxy) is 1. The molecule has 2 N–H and O–H groups in total. The second kappa shape index (κ2) is 7.55. The minimum Gasteiger partial charge on any atom is -0.495 e. The lowest BCUT2D eigenvalue weighted by Crippen LogP contribution is -2.04. The Hall–Kier alpha value is -2.57. The van der Waals surface area contributed by atoms with E-state index in [9.17, 15) is 0 Å². The number of nitrogens with zero attached hydrogens (tertiary/aromatic N) is 3. The van der Waals surface area contributed by atoms with Gasteiger partial charge in [0.05, 0.1) is 19.0 Å². The smallest absolute Gasteiger partial charge is 0.249 e. The minimum absolute atomic E-state index is 0.344. The summed E-state index contributed by atoms with van der Waals surface area (Å²) in [6.07, 6.45) is 1.51. The first-order valence-electron chi connectivity index (χ1n) is 7.38. The number of rotatable bonds is 5. The van der Waals surface area contributed by atoms with Crippen LogP contribution >= 0.6 is 23.2 Å². The molecule has 0 saturated heterocycles. The van der Waals surface area contributed by atoms with E-state index in [-0.39, 0.29) is 0 Å². The van der Waals surface area contributed by atoms with Gasteiger partial charge in [0.15, 0.2) is 5.82 Å². The van der Waals surface area contributed by atoms with Crippen LogP contribution in [0.2, 0.25) is 10.0 Å². The maximum atomic E-state index is 6.04. The molecule has 1 aromatic heterocycles. The highest BCUT2D eigenvalue weighted by molar-refractivity contribution is 6.31. The number of nitrogens with one attached hydrogen (secondary N) is 2. The predicted molar refractivity (Wildman–Crippen MR) is 101 cm³/mol. The standard InChI is InChI=1S/C17H15Cl2N5O/c1-10-3-4-11(18)7-13(10)22-17-23-16(9-20-24-17)21-14-8-12(19)5-6-15(14)25-2/h3-9H,1-2H3,(H2,21,22,23,24). The molecule has 8 heteroatoms. The third-order valence-electron chi connectivity index (χ3n) is 3.43. The normalized spacial score (nSPS) is 10.4. The van der Waals surface area contributed by atoms with Gasteiger partial charge in [0.25, 0.3) is 0 Å². The fourth-order valence-corrected chi connectivity index (χ4v) is 2.53. The Morgan fingerprint density at radius 1 is 0.960 bits per heavy atom. The fourth-order valence-electron chi connectivity index (χ4n) is 2.18. The Morgan fingerprint density at radius 3 is 2.44 bits per heavy atom. The van der Waals surface area contributed by atoms with Crippen molar-refractivity contribution >= 4 is 46.3 Å². The van der Waals surface area contributed by atoms with Gasteiger partial charge < -0.3 is 15.4 Å². The summed E-state index contributed by atoms with van der Waals surface area (Å²) in [4.78, 5) is 4.40. The van der Waals surface area contributed by atoms with Crippen LogP contribution in [0.4, 0.5) is 23.1 Å². The molecule has 0 aliphatic carbocycles. The summed E-state index contributed by atoms with van der Waals surface area (Å²) in [6.45, 7) is 1.96. The zero-order valence-corrected chi connectivity index (χ0v) is 15.1. The fraction of sp³-hybridized carbons (Fsp3) is 0.118. The number of hydrogen-bond acceptors (Lipinski definition) is 6. The molecule has 0 amide bonds. The van der Waals surface area contributed by atoms with Gasteiger partial charge in [0.2, 0.25) is 5.95 Å². The molecule has 0 unspecified atom stereocenters. The van der Waals surface area contributed by atoms with Gasteiger partial charge in [-0.25, -0.2) is 0 Å². The van der Waals surface area contributed by atoms with Gasteiger partial charge in [-0.15, -0.1) is 5.10 Å². The van der Waals surface area contributed by atoms with Gasteiger partial charge in [-0.3, -0.25) is 0 Å². The van der Waals surface area contributed by atoms with Gasteiger partial charge in [0, 0.05) is 15.7 Å². The van der Waals surface area contributed by atoms with Crippen molar-refractivity contribution in [2.24, 2.45) is 0 Å². The number of methoxy groups -OCH3 is 1. The van der Waals surface area contributed by atoms with Crippen LogP contribution in [0.25, 0.3) is 0 Å². The Kier molecular flexibility index (Phi) is 5.21. The summed E-state index contributed by atoms with van der Waals surface area (Å²) in [5, 5.41) is 15.4. The molecule has 25 heavy (non-hydrogen) atoms. The van der Waals surface area contributed by atoms with Gasteiger partial charge in [0.1, 0.15) is 5.75 Å². The molecule has 0 bridgehead atoms. The average molecular weight is 376 g/mol. The number of anilines is 4. The van der Waals surface area contributed by atoms with Crippen LogP contribution in [0.15, 0.2) is 42.6 Å². The van der Waals surface area contributed by atoms with Crippen molar-refractivity contribution in [3.05, 3.63) is 58.2 Å². The third-order valence-corrected chi connectivity index (χ3v) is 3.90. The topological polar surface area (TPSA) is 72.0 Å². The Bertz CT molecular complexity index is 904. The van der Waals surface area contributed by atoms with E-state index in [1.807, 2.05) is 19.1 Å². The quantitative estimate of drug-likeness (QED) is 0.654. The maximum absolute atomic E-state index is 6.04. The molecule has 128 valence electrons. The molecule has 0 fully saturated rings. The first-order chi connectivity index (χ1) is 12.0. The van der Waals surface area contributed by atoms with Crippen molar-refractivity contribution < 1.29 is 4.74 Å². The summed E-state index contributed by atoms with van der Waals surface area (Å²) in [5.74, 6) is 1.48. The second-order valence-electron chi connectivity index (χ2n) is 5.22. The molecule has 3 aromatic rings. The van der Waals surface area contributed by atoms with E-state index >= 15 is 0 Å². The summed E-state index contributed by atoms with van der Waals surface area (Å²) >= 11 is 12.1. The molecule has 0 aliphatic heterocycles. The van der Waals surface area contributed by atoms with E-state index in [0.717, 1.165) is 11.3 Å². The van der Waals surface area contributed by atoms with Gasteiger partial charge in [-0.05, 0) is 42.8 Å². The molecule has 0 radical (unpaired) electrons. The SMILES string of the molecule is COc1ccc(Cl)cc1Nc1cnnc(Nc2cc(Cl)ccc2C)n1. The molecule has 0 spiro atoms. The summed E-state index contributed by atoms with van der Waals surface area (Å²) in [5.41, 5.74) is 2.51. The number of hydrogen-bond donors (Lipinski definition) is 2. The molecular formula is C17H15Cl2N5O. The maximum Gasteiger partial charge on any atom is 0.249 e. The number of aromatic nitrogens is 3. The predicted octanol–water partition coefficient (Wildman–Crippen LogP) is 4.98. The highest BCUT2D eigenvalue weighted by atomic mass is 35.5. The summed E-state index contributed by atoms with van der Waals surface area (Å²) in [7, 11) is 1.58. The number of aryl methyl sites for hydroxylation is 1. The van der Waals surface area contributed by atoms with Crippen LogP contribution in [0.5, 0.6) is 5.75 Å². The van der Waals surface area contributed by atoms with Crippen LogP contribution in [0.1, 0.15) is 5.56 Å². The van der Waals surface area contributed by atoms with Gasteiger partial charge in [-0.2, -0.15) is 10.1 Å². The average Bonchev–Trinajstić information content (AvgIpc) is 2.59. The van der Waals surface area contributed by atoms with E-state index in [2.05, 4.69) is 25.8 Å². The van der Waals surface area contributed by atoms with Gasteiger partial charge >= 0.3 is 0 Å². The van der Waals surface area contributed by atoms with Crippen LogP contribution in [-0.4, -0.2) is 22.3 Å². The summed E-state index contributed by atoms with van der Waals surface area (Å²) < 4.78 is 5.31. The van der Waals surface area contributed by atoms with E-state index in [0.29, 0.717) is 33.2 Å². The van der Waals surface area contributed by atoms with E-state index in [1.54, 1.807) is 31.4 Å². The number of benzene rings is 2. The van der Waals surface area contributed by atoms with Crippen molar-refractivity contribution in [2.45, 2.75) is 6.92 Å². The van der Waals surface area contributed by atoms with Crippen LogP contribution in [0.3, 0.4) is 0 Å². The highest BCUT2D eigenvalue weighted by Gasteiger charge is 2.08. The van der Waals surface area contributed by atoms with Crippen molar-refractivity contribution in [3.8, 4) is 5.75 Å². The molecule has 1 heterocycles. The molecule has 0 saturated carbocycles. The van der Waals surface area contributed by atoms with Crippen LogP contribution < -0.4 is 15.4 Å². The first kappa shape index (κ1) is 17.3. The van der Waals surface area contributed by atoms with E-state index in [1.165, 1.54) is 6.20 Å². The van der Waals surface area contributed by atoms with Crippen molar-refractivity contribution in [1.29, 1.82) is 0 Å². The van der Waals surface area contributed by atoms with Crippen molar-refractivity contribution in [3.63, 3.8) is 0 Å². The van der Waals surface area contributed by atoms with Crippen LogP contribution in [-0.2, 0) is 0 Å². The zero-order valence-electron chi connectivity index (χ0n) is 13.5. The lowest BCUT2D eigenvalue weighted by atomic mass is 10.2. The minimum atomic E-state index is 0.344. The Balaban J connectivity index is 1.85. The Morgan fingerprint density at radius 2 is 1.68 bits per heavy atom. The van der Waals surface area contributed by atoms with Crippen molar-refractivity contribution in [1.82, 2.24) is 15.2 Å². The molecule has 0 atom stereocenters. The lowest BCUT2D eigenvalue weighted by molar-refractivity contribution is 0.417. The second-order valence-corrected chi connectivity index (χ2v) is 6.09. The van der Waals surface area contributed by atoms with Gasteiger partial charge in [-0.1, -0.05) is 29.3 Å². The largest absolute Gasteiger partial charge is 0.495 e. The van der Waals surface area contributed by atoms with Crippen LogP contribution in [0, 0.1) is 6.92 Å². The molecule has 0 aliphatic rings. The molecule has 2 aromatic carbocycles. The molecular weight excluding hydrogens is 361 g/mol. The van der Waals surface area contributed by atoms with Crippen molar-refractivity contribution in [2.75, 3.05) is 17.7 Å². The lowest BCUT2D eigenvalue weighted by Gasteiger charge is -2.12. The highest BCUT2D eigenvalue weighted by Crippen LogP contribution is 2.30. The van der Waals surface area contributed by atoms with E-state index < -0.39 is 0 Å².